The summed E-state index contributed by atoms with van der Waals surface area (Å²) >= 11 is 8.07. The molecule has 2 aromatic heterocycles. The van der Waals surface area contributed by atoms with E-state index in [1.165, 1.54) is 18.4 Å². The lowest BCUT2D eigenvalue weighted by atomic mass is 9.91. The second-order valence-corrected chi connectivity index (χ2v) is 11.1. The van der Waals surface area contributed by atoms with E-state index in [4.69, 9.17) is 26.8 Å². The molecule has 0 bridgehead atoms. The van der Waals surface area contributed by atoms with Crippen LogP contribution in [0.1, 0.15) is 17.7 Å². The minimum atomic E-state index is -3.84. The molecular weight excluding hydrogens is 460 g/mol. The Morgan fingerprint density at radius 2 is 2.23 bits per heavy atom. The van der Waals surface area contributed by atoms with E-state index < -0.39 is 21.0 Å². The first-order valence-electron chi connectivity index (χ1n) is 9.68. The van der Waals surface area contributed by atoms with Crippen LogP contribution in [0.4, 0.5) is 0 Å². The Bertz CT molecular complexity index is 1320. The summed E-state index contributed by atoms with van der Waals surface area (Å²) in [5.74, 6) is 0.674. The van der Waals surface area contributed by atoms with E-state index in [9.17, 15) is 8.42 Å². The van der Waals surface area contributed by atoms with Gasteiger partial charge in [0.25, 0.3) is 10.0 Å². The number of nitrogens with two attached hydrogens (primary N) is 1. The van der Waals surface area contributed by atoms with Gasteiger partial charge in [-0.25, -0.2) is 17.7 Å². The summed E-state index contributed by atoms with van der Waals surface area (Å²) in [5, 5.41) is 1.44. The van der Waals surface area contributed by atoms with E-state index in [-0.39, 0.29) is 5.96 Å². The molecule has 0 radical (unpaired) electrons. The Balaban J connectivity index is 1.67. The predicted molar refractivity (Wildman–Crippen MR) is 122 cm³/mol. The van der Waals surface area contributed by atoms with Crippen molar-refractivity contribution in [2.24, 2.45) is 10.7 Å². The number of ether oxygens (including phenoxy) is 2. The lowest BCUT2D eigenvalue weighted by Crippen LogP contribution is -2.59. The van der Waals surface area contributed by atoms with Gasteiger partial charge >= 0.3 is 0 Å². The van der Waals surface area contributed by atoms with Crippen molar-refractivity contribution in [2.75, 3.05) is 20.8 Å². The highest BCUT2D eigenvalue weighted by molar-refractivity contribution is 7.90. The molecule has 8 nitrogen and oxygen atoms in total. The quantitative estimate of drug-likeness (QED) is 0.596. The van der Waals surface area contributed by atoms with Crippen LogP contribution >= 0.6 is 22.9 Å². The van der Waals surface area contributed by atoms with Crippen LogP contribution in [0, 0.1) is 0 Å². The largest absolute Gasteiger partial charge is 0.495 e. The summed E-state index contributed by atoms with van der Waals surface area (Å²) in [6.45, 7) is 0.340. The van der Waals surface area contributed by atoms with E-state index in [0.29, 0.717) is 29.3 Å². The van der Waals surface area contributed by atoms with Gasteiger partial charge in [0.1, 0.15) is 11.3 Å². The molecule has 164 valence electrons. The van der Waals surface area contributed by atoms with Crippen molar-refractivity contribution in [1.82, 2.24) is 9.29 Å². The summed E-state index contributed by atoms with van der Waals surface area (Å²) in [6, 6.07) is 9.65. The molecule has 4 heterocycles. The van der Waals surface area contributed by atoms with Crippen molar-refractivity contribution in [3.63, 3.8) is 0 Å². The first-order valence-corrected chi connectivity index (χ1v) is 12.4. The number of hydrogen-bond acceptors (Lipinski definition) is 7. The molecule has 1 fully saturated rings. The van der Waals surface area contributed by atoms with Gasteiger partial charge < -0.3 is 20.2 Å². The summed E-state index contributed by atoms with van der Waals surface area (Å²) in [4.78, 5) is 9.52. The van der Waals surface area contributed by atoms with E-state index in [1.54, 1.807) is 7.11 Å². The lowest BCUT2D eigenvalue weighted by molar-refractivity contribution is 0.00334. The number of thiophene rings is 1. The number of aromatic amines is 1. The van der Waals surface area contributed by atoms with Crippen molar-refractivity contribution in [1.29, 1.82) is 0 Å². The normalized spacial score (nSPS) is 25.3. The monoisotopic (exact) mass is 480 g/mol. The maximum atomic E-state index is 13.1. The fourth-order valence-electron chi connectivity index (χ4n) is 4.28. The minimum absolute atomic E-state index is 0.0666. The fourth-order valence-corrected chi connectivity index (χ4v) is 7.65. The van der Waals surface area contributed by atoms with Gasteiger partial charge in [-0.2, -0.15) is 0 Å². The van der Waals surface area contributed by atoms with Gasteiger partial charge in [-0.3, -0.25) is 0 Å². The Morgan fingerprint density at radius 3 is 3.00 bits per heavy atom. The number of para-hydroxylation sites is 1. The molecule has 2 atom stereocenters. The zero-order valence-electron chi connectivity index (χ0n) is 16.9. The number of aromatic nitrogens is 1. The number of nitrogens with one attached hydrogen (secondary N) is 1. The van der Waals surface area contributed by atoms with Crippen molar-refractivity contribution < 1.29 is 17.9 Å². The highest BCUT2D eigenvalue weighted by Crippen LogP contribution is 2.51. The van der Waals surface area contributed by atoms with Gasteiger partial charge in [0.2, 0.25) is 11.4 Å². The van der Waals surface area contributed by atoms with Crippen LogP contribution in [-0.2, 0) is 20.3 Å². The van der Waals surface area contributed by atoms with Gasteiger partial charge in [-0.15, -0.1) is 11.3 Å². The number of fused-ring (bicyclic) bond motifs is 2. The molecule has 3 N–H and O–H groups in total. The highest BCUT2D eigenvalue weighted by atomic mass is 35.5. The van der Waals surface area contributed by atoms with Gasteiger partial charge in [0, 0.05) is 19.0 Å². The van der Waals surface area contributed by atoms with Crippen LogP contribution in [0.15, 0.2) is 35.3 Å². The highest BCUT2D eigenvalue weighted by Gasteiger charge is 2.57. The lowest BCUT2D eigenvalue weighted by Gasteiger charge is -2.44. The number of rotatable bonds is 3. The number of guanidine groups is 1. The zero-order chi connectivity index (χ0) is 22.0. The van der Waals surface area contributed by atoms with Crippen molar-refractivity contribution >= 4 is 49.8 Å². The van der Waals surface area contributed by atoms with Crippen LogP contribution < -0.4 is 10.5 Å². The van der Waals surface area contributed by atoms with Crippen LogP contribution in [0.2, 0.25) is 5.02 Å². The van der Waals surface area contributed by atoms with Gasteiger partial charge in [0.05, 0.1) is 33.1 Å². The smallest absolute Gasteiger partial charge is 0.267 e. The topological polar surface area (TPSA) is 110 Å². The molecule has 0 spiro atoms. The molecule has 2 aliphatic rings. The summed E-state index contributed by atoms with van der Waals surface area (Å²) in [5.41, 5.74) is 5.42. The van der Waals surface area contributed by atoms with E-state index in [1.807, 2.05) is 30.3 Å². The Labute approximate surface area is 188 Å². The average Bonchev–Trinajstić information content (AvgIpc) is 3.36. The first kappa shape index (κ1) is 20.6. The van der Waals surface area contributed by atoms with E-state index in [2.05, 4.69) is 9.98 Å². The van der Waals surface area contributed by atoms with Gasteiger partial charge in [-0.1, -0.05) is 23.7 Å². The zero-order valence-corrected chi connectivity index (χ0v) is 19.3. The maximum Gasteiger partial charge on any atom is 0.267 e. The number of benzene rings is 1. The SMILES string of the molecule is COc1cccc2cc(-c3cc(Cl)c([C@]45CCCOC4S(=O)(=O)N(C)C(N)=N5)s3)[nH]c12. The number of aliphatic imine (C=N–C) groups is 1. The maximum absolute atomic E-state index is 13.1. The average molecular weight is 481 g/mol. The molecule has 0 aliphatic carbocycles. The molecule has 11 heteroatoms. The molecule has 1 aromatic carbocycles. The third-order valence-corrected chi connectivity index (χ3v) is 9.60. The molecule has 2 aliphatic heterocycles. The summed E-state index contributed by atoms with van der Waals surface area (Å²) < 4.78 is 38.4. The van der Waals surface area contributed by atoms with Crippen molar-refractivity contribution in [2.45, 2.75) is 23.8 Å². The Morgan fingerprint density at radius 1 is 1.42 bits per heavy atom. The second-order valence-electron chi connectivity index (χ2n) is 7.61. The number of halogens is 1. The van der Waals surface area contributed by atoms with Gasteiger partial charge in [0.15, 0.2) is 0 Å². The molecule has 1 saturated heterocycles. The third-order valence-electron chi connectivity index (χ3n) is 5.83. The number of hydrogen-bond donors (Lipinski definition) is 2. The van der Waals surface area contributed by atoms with Crippen LogP contribution in [0.5, 0.6) is 5.75 Å². The molecule has 31 heavy (non-hydrogen) atoms. The summed E-state index contributed by atoms with van der Waals surface area (Å²) in [7, 11) is -0.831. The number of H-pyrrole nitrogens is 1. The van der Waals surface area contributed by atoms with Crippen LogP contribution in [0.25, 0.3) is 21.5 Å². The van der Waals surface area contributed by atoms with Crippen LogP contribution in [0.3, 0.4) is 0 Å². The summed E-state index contributed by atoms with van der Waals surface area (Å²) in [6.07, 6.45) is 1.13. The Hall–Kier alpha value is -2.27. The molecule has 0 amide bonds. The minimum Gasteiger partial charge on any atom is -0.495 e. The number of nitrogens with zero attached hydrogens (tertiary/aromatic N) is 2. The molecule has 3 aromatic rings. The molecule has 5 rings (SSSR count). The van der Waals surface area contributed by atoms with Crippen molar-refractivity contribution in [3.05, 3.63) is 40.2 Å². The second kappa shape index (κ2) is 7.13. The molecule has 0 saturated carbocycles. The first-order chi connectivity index (χ1) is 14.8. The Kier molecular flexibility index (Phi) is 4.74. The number of sulfonamides is 1. The third kappa shape index (κ3) is 2.96. The predicted octanol–water partition coefficient (Wildman–Crippen LogP) is 3.48. The standard InChI is InChI=1S/C20H21ClN4O4S2/c1-25-19(22)24-20(7-4-8-29-18(20)31(25,26)27)17-12(21)10-15(30-17)13-9-11-5-3-6-14(28-2)16(11)23-13/h3,5-6,9-10,18,23H,4,7-8H2,1-2H3,(H2,22,24)/t18?,20-/m1/s1. The van der Waals surface area contributed by atoms with Crippen LogP contribution in [-0.4, -0.2) is 49.9 Å². The number of methoxy groups -OCH3 is 1. The van der Waals surface area contributed by atoms with E-state index in [0.717, 1.165) is 31.5 Å². The fraction of sp³-hybridized carbons (Fsp3) is 0.350. The molecular formula is C20H21ClN4O4S2. The molecule has 1 unspecified atom stereocenters. The van der Waals surface area contributed by atoms with Gasteiger partial charge in [-0.05, 0) is 31.0 Å². The van der Waals surface area contributed by atoms with Crippen molar-refractivity contribution in [3.8, 4) is 16.3 Å². The van der Waals surface area contributed by atoms with E-state index >= 15 is 0 Å².